The summed E-state index contributed by atoms with van der Waals surface area (Å²) in [7, 11) is 9.68. The Kier molecular flexibility index (Phi) is 40.7. The second-order valence-corrected chi connectivity index (χ2v) is 34.8. The van der Waals surface area contributed by atoms with Gasteiger partial charge in [0.2, 0.25) is 70.9 Å². The van der Waals surface area contributed by atoms with Crippen LogP contribution in [0, 0.1) is 48.3 Å². The Morgan fingerprint density at radius 1 is 0.579 bits per heavy atom. The molecule has 33 nitrogen and oxygen atoms in total. The first-order valence-electron chi connectivity index (χ1n) is 41.8. The van der Waals surface area contributed by atoms with Crippen LogP contribution >= 0.6 is 11.6 Å². The molecule has 0 unspecified atom stereocenters. The molecule has 1 aliphatic heterocycles. The maximum absolute atomic E-state index is 15.6. The molecule has 0 aliphatic carbocycles. The summed E-state index contributed by atoms with van der Waals surface area (Å²) in [6, 6.07) is -1.87. The summed E-state index contributed by atoms with van der Waals surface area (Å²) in [5.74, 6) is -12.1. The number of likely N-dealkylation sites (N-methyl/N-ethyl adjacent to an activating group) is 7. The fourth-order valence-corrected chi connectivity index (χ4v) is 14.8. The van der Waals surface area contributed by atoms with Gasteiger partial charge in [-0.3, -0.25) is 71.9 Å². The number of ether oxygens (including phenoxy) is 1. The number of rotatable bonds is 29. The predicted molar refractivity (Wildman–Crippen MR) is 462 cm³/mol. The molecule has 14 amide bonds. The lowest BCUT2D eigenvalue weighted by Gasteiger charge is -2.41. The highest BCUT2D eigenvalue weighted by molar-refractivity contribution is 6.31. The van der Waals surface area contributed by atoms with Gasteiger partial charge in [-0.15, -0.1) is 0 Å². The van der Waals surface area contributed by atoms with Gasteiger partial charge in [-0.25, -0.2) is 4.68 Å². The zero-order valence-corrected chi connectivity index (χ0v) is 76.1. The van der Waals surface area contributed by atoms with Crippen LogP contribution in [-0.4, -0.2) is 273 Å². The number of aliphatic hydroxyl groups excluding tert-OH is 1. The highest BCUT2D eigenvalue weighted by Gasteiger charge is 2.46. The second kappa shape index (κ2) is 47.8. The molecule has 4 rings (SSSR count). The number of aliphatic hydroxyl groups is 1. The van der Waals surface area contributed by atoms with Crippen LogP contribution in [0.25, 0.3) is 5.69 Å². The van der Waals surface area contributed by atoms with Gasteiger partial charge in [-0.2, -0.15) is 5.10 Å². The number of amides is 14. The maximum atomic E-state index is 15.6. The van der Waals surface area contributed by atoms with E-state index in [9.17, 15) is 57.8 Å². The number of carbonyl (C=O) groups is 15. The van der Waals surface area contributed by atoms with Crippen molar-refractivity contribution in [2.75, 3.05) is 79.7 Å². The molecule has 34 heteroatoms. The van der Waals surface area contributed by atoms with E-state index >= 15 is 19.2 Å². The standard InChI is InChI=1S/C87H135ClN16O17/c1-26-65-83(116)97(19)46-72(108)98(20)66(38-48(3)4)80(113)96-73(52(11)12)86(119)99(21)67(39-49(5)6)79(112)91-55(16)77(110)92-56(17)82(115)100(22)68(40-50(7)8)84(117)101(23)69(41-51(9)10)85(118)102(24)74(53(13)14)87(120)103(25)75(81(114)95-65)76(109)54(15)30-28-31-62(105)32-29-37-89-71(107)47-121-63-35-33-61(34-36-63)104-57(18)64(45-90-104)78(111)94-60-43-58(88)42-59(44-60)93-70(106)27-2/h27,33-36,42-45,48-56,65-69,73-76,109H,2,26,28-32,37-41,46-47H2,1,3-25H3,(H,89,107)(H,91,112)(H,92,110)(H,93,106)(H,94,111)(H,95,114)(H,96,113)/t54-,55+,56-,65+,66+,67+,68+,69+,73+,74+,75+,76-/m1/s1. The first-order chi connectivity index (χ1) is 56.5. The van der Waals surface area contributed by atoms with Crippen LogP contribution in [0.4, 0.5) is 11.4 Å². The van der Waals surface area contributed by atoms with E-state index in [2.05, 4.69) is 48.9 Å². The number of anilines is 2. The second-order valence-electron chi connectivity index (χ2n) is 34.4. The summed E-state index contributed by atoms with van der Waals surface area (Å²) in [6.45, 7) is 31.9. The fourth-order valence-electron chi connectivity index (χ4n) is 14.5. The molecule has 0 bridgehead atoms. The molecule has 3 aromatic rings. The van der Waals surface area contributed by atoms with E-state index in [0.29, 0.717) is 28.5 Å². The number of benzene rings is 2. The molecule has 2 heterocycles. The van der Waals surface area contributed by atoms with Gasteiger partial charge in [-0.05, 0) is 162 Å². The smallest absolute Gasteiger partial charge is 0.259 e. The number of Topliss-reactive ketones (excluding diaryl/α,β-unsaturated/α-hetero) is 1. The molecular weight excluding hydrogens is 1580 g/mol. The predicted octanol–water partition coefficient (Wildman–Crippen LogP) is 6.54. The van der Waals surface area contributed by atoms with Gasteiger partial charge in [0.15, 0.2) is 6.61 Å². The van der Waals surface area contributed by atoms with Crippen molar-refractivity contribution >= 4 is 111 Å². The third-order valence-electron chi connectivity index (χ3n) is 21.7. The Bertz CT molecular complexity index is 4130. The van der Waals surface area contributed by atoms with E-state index < -0.39 is 174 Å². The Morgan fingerprint density at radius 3 is 1.61 bits per heavy atom. The SMILES string of the molecule is C=CC(=O)Nc1cc(Cl)cc(NC(=O)c2cnn(-c3ccc(OCC(=O)NCCCC(=O)CCC[C@@H](C)[C@@H](O)[C@H]4C(=O)N[C@@H](CC)C(=O)N(C)CC(=O)N(C)[C@@H](CC(C)C)C(=O)N[C@@H](C(C)C)C(=O)N(C)[C@@H](CC(C)C)C(=O)N[C@@H](C)C(=O)N[C@H](C)C(=O)N(C)[C@@H](CC(C)C)C(=O)N(C)[C@@H](CC(C)C)C(=O)N(C)[C@@H](C(C)C)C(=O)N4C)cc3)c2C)c1. The van der Waals surface area contributed by atoms with Gasteiger partial charge >= 0.3 is 0 Å². The summed E-state index contributed by atoms with van der Waals surface area (Å²) in [4.78, 5) is 223. The van der Waals surface area contributed by atoms with E-state index in [-0.39, 0.29) is 117 Å². The minimum Gasteiger partial charge on any atom is -0.484 e. The van der Waals surface area contributed by atoms with E-state index in [1.165, 1.54) is 106 Å². The lowest BCUT2D eigenvalue weighted by molar-refractivity contribution is -0.157. The van der Waals surface area contributed by atoms with Crippen LogP contribution in [0.15, 0.2) is 61.3 Å². The molecule has 1 aliphatic rings. The quantitative estimate of drug-likeness (QED) is 0.0270. The first-order valence-corrected chi connectivity index (χ1v) is 42.2. The Hall–Kier alpha value is -10.3. The molecule has 672 valence electrons. The van der Waals surface area contributed by atoms with Crippen LogP contribution in [0.2, 0.25) is 5.02 Å². The summed E-state index contributed by atoms with van der Waals surface area (Å²) < 4.78 is 7.29. The zero-order valence-electron chi connectivity index (χ0n) is 75.4. The van der Waals surface area contributed by atoms with Crippen molar-refractivity contribution in [1.29, 1.82) is 0 Å². The van der Waals surface area contributed by atoms with E-state index in [1.807, 2.05) is 55.4 Å². The van der Waals surface area contributed by atoms with Crippen LogP contribution in [-0.2, 0) is 67.1 Å². The number of hydrogen-bond acceptors (Lipinski definition) is 18. The number of nitrogens with zero attached hydrogens (tertiary/aromatic N) is 9. The summed E-state index contributed by atoms with van der Waals surface area (Å²) in [6.07, 6.45) is 1.91. The third-order valence-corrected chi connectivity index (χ3v) is 21.9. The van der Waals surface area contributed by atoms with E-state index in [1.54, 1.807) is 83.5 Å². The van der Waals surface area contributed by atoms with Gasteiger partial charge in [0, 0.05) is 85.1 Å². The average molecular weight is 1710 g/mol. The van der Waals surface area contributed by atoms with Crippen molar-refractivity contribution in [3.8, 4) is 11.4 Å². The van der Waals surface area contributed by atoms with Crippen LogP contribution < -0.4 is 42.0 Å². The molecule has 121 heavy (non-hydrogen) atoms. The number of nitrogens with one attached hydrogen (secondary N) is 7. The highest BCUT2D eigenvalue weighted by atomic mass is 35.5. The molecule has 2 aromatic carbocycles. The normalized spacial score (nSPS) is 22.0. The molecule has 0 spiro atoms. The first kappa shape index (κ1) is 103. The number of ketones is 1. The van der Waals surface area contributed by atoms with Crippen LogP contribution in [0.5, 0.6) is 5.75 Å². The molecule has 8 N–H and O–H groups in total. The van der Waals surface area contributed by atoms with Crippen molar-refractivity contribution in [2.45, 2.75) is 248 Å². The van der Waals surface area contributed by atoms with Crippen molar-refractivity contribution in [1.82, 2.24) is 70.7 Å². The molecule has 0 radical (unpaired) electrons. The Morgan fingerprint density at radius 2 is 1.07 bits per heavy atom. The monoisotopic (exact) mass is 1710 g/mol. The summed E-state index contributed by atoms with van der Waals surface area (Å²) >= 11 is 6.24. The van der Waals surface area contributed by atoms with Gasteiger partial charge < -0.3 is 81.4 Å². The number of aromatic nitrogens is 2. The highest BCUT2D eigenvalue weighted by Crippen LogP contribution is 2.29. The average Bonchev–Trinajstić information content (AvgIpc) is 1.63. The molecule has 1 aromatic heterocycles. The summed E-state index contributed by atoms with van der Waals surface area (Å²) in [5.41, 5.74) is 2.06. The van der Waals surface area contributed by atoms with Gasteiger partial charge in [0.25, 0.3) is 11.8 Å². The minimum atomic E-state index is -1.78. The van der Waals surface area contributed by atoms with Crippen molar-refractivity contribution in [3.63, 3.8) is 0 Å². The van der Waals surface area contributed by atoms with E-state index in [4.69, 9.17) is 16.3 Å². The van der Waals surface area contributed by atoms with Crippen LogP contribution in [0.1, 0.15) is 191 Å². The Labute approximate surface area is 719 Å². The zero-order chi connectivity index (χ0) is 91.6. The topological polar surface area (TPSA) is 410 Å². The Balaban J connectivity index is 1.64. The lowest BCUT2D eigenvalue weighted by Crippen LogP contribution is -2.63. The van der Waals surface area contributed by atoms with E-state index in [0.717, 1.165) is 15.9 Å². The minimum absolute atomic E-state index is 0.0361. The number of hydrogen-bond donors (Lipinski definition) is 8. The molecular formula is C87H135ClN16O17. The fraction of sp³-hybridized carbons (Fsp3) is 0.632. The summed E-state index contributed by atoms with van der Waals surface area (Å²) in [5, 5.41) is 36.4. The largest absolute Gasteiger partial charge is 0.484 e. The molecule has 1 fully saturated rings. The van der Waals surface area contributed by atoms with Gasteiger partial charge in [0.05, 0.1) is 35.8 Å². The molecule has 0 saturated carbocycles. The number of halogens is 1. The lowest BCUT2D eigenvalue weighted by atomic mass is 9.89. The van der Waals surface area contributed by atoms with Crippen LogP contribution in [0.3, 0.4) is 0 Å². The maximum Gasteiger partial charge on any atom is 0.259 e. The van der Waals surface area contributed by atoms with Crippen molar-refractivity contribution in [3.05, 3.63) is 77.6 Å². The third kappa shape index (κ3) is 29.8. The number of carbonyl (C=O) groups excluding carboxylic acids is 15. The molecule has 12 atom stereocenters. The van der Waals surface area contributed by atoms with Gasteiger partial charge in [0.1, 0.15) is 72.0 Å². The van der Waals surface area contributed by atoms with Gasteiger partial charge in [-0.1, -0.05) is 115 Å². The van der Waals surface area contributed by atoms with Crippen molar-refractivity contribution in [2.24, 2.45) is 41.4 Å². The van der Waals surface area contributed by atoms with Crippen molar-refractivity contribution < 1.29 is 81.8 Å². The molecule has 1 saturated heterocycles.